The van der Waals surface area contributed by atoms with E-state index in [0.29, 0.717) is 37.8 Å². The molecule has 36 heavy (non-hydrogen) atoms. The van der Waals surface area contributed by atoms with Crippen LogP contribution in [-0.2, 0) is 10.9 Å². The number of rotatable bonds is 7. The van der Waals surface area contributed by atoms with Gasteiger partial charge in [-0.25, -0.2) is 9.97 Å². The van der Waals surface area contributed by atoms with Crippen molar-refractivity contribution in [3.63, 3.8) is 0 Å². The minimum Gasteiger partial charge on any atom is -0.378 e. The first kappa shape index (κ1) is 25.3. The second kappa shape index (κ2) is 10.4. The van der Waals surface area contributed by atoms with Crippen LogP contribution in [0.1, 0.15) is 57.1 Å². The van der Waals surface area contributed by atoms with Gasteiger partial charge in [-0.3, -0.25) is 9.59 Å². The maximum atomic E-state index is 13.1. The zero-order valence-corrected chi connectivity index (χ0v) is 19.6. The molecule has 190 valence electrons. The molecule has 3 aromatic rings. The Morgan fingerprint density at radius 1 is 1.14 bits per heavy atom. The number of hydrogen-bond acceptors (Lipinski definition) is 8. The van der Waals surface area contributed by atoms with Gasteiger partial charge in [0.1, 0.15) is 17.8 Å². The third kappa shape index (κ3) is 5.88. The van der Waals surface area contributed by atoms with E-state index in [4.69, 9.17) is 9.26 Å². The number of amides is 1. The van der Waals surface area contributed by atoms with Crippen molar-refractivity contribution in [1.29, 1.82) is 0 Å². The summed E-state index contributed by atoms with van der Waals surface area (Å²) in [6.07, 6.45) is -3.14. The summed E-state index contributed by atoms with van der Waals surface area (Å²) in [7, 11) is 0. The first-order valence-electron chi connectivity index (χ1n) is 11.3. The number of nitrogens with zero attached hydrogens (tertiary/aromatic N) is 4. The zero-order chi connectivity index (χ0) is 25.9. The summed E-state index contributed by atoms with van der Waals surface area (Å²) in [5, 5.41) is 6.25. The summed E-state index contributed by atoms with van der Waals surface area (Å²) >= 11 is 0. The molecule has 4 rings (SSSR count). The average molecular weight is 503 g/mol. The second-order valence-corrected chi connectivity index (χ2v) is 8.49. The molecule has 12 heteroatoms. The largest absolute Gasteiger partial charge is 0.416 e. The van der Waals surface area contributed by atoms with Crippen LogP contribution in [0.2, 0.25) is 0 Å². The first-order valence-corrected chi connectivity index (χ1v) is 11.3. The van der Waals surface area contributed by atoms with Crippen molar-refractivity contribution in [1.82, 2.24) is 15.1 Å². The van der Waals surface area contributed by atoms with Crippen molar-refractivity contribution in [2.24, 2.45) is 0 Å². The monoisotopic (exact) mass is 503 g/mol. The third-order valence-electron chi connectivity index (χ3n) is 5.82. The van der Waals surface area contributed by atoms with Crippen molar-refractivity contribution >= 4 is 23.2 Å². The number of alkyl halides is 3. The van der Waals surface area contributed by atoms with E-state index in [1.807, 2.05) is 4.90 Å². The van der Waals surface area contributed by atoms with Gasteiger partial charge in [0.2, 0.25) is 5.76 Å². The Bertz CT molecular complexity index is 1250. The molecular weight excluding hydrogens is 479 g/mol. The summed E-state index contributed by atoms with van der Waals surface area (Å²) in [4.78, 5) is 35.7. The summed E-state index contributed by atoms with van der Waals surface area (Å²) < 4.78 is 49.8. The number of ketones is 1. The normalized spacial score (nSPS) is 15.0. The molecule has 1 amide bonds. The Labute approximate surface area is 204 Å². The lowest BCUT2D eigenvalue weighted by Crippen LogP contribution is -2.36. The Morgan fingerprint density at radius 2 is 1.89 bits per heavy atom. The molecule has 1 N–H and O–H groups in total. The Morgan fingerprint density at radius 3 is 2.61 bits per heavy atom. The van der Waals surface area contributed by atoms with Crippen molar-refractivity contribution in [2.75, 3.05) is 36.5 Å². The summed E-state index contributed by atoms with van der Waals surface area (Å²) in [5.41, 5.74) is -0.205. The summed E-state index contributed by atoms with van der Waals surface area (Å²) in [6, 6.07) is 6.51. The lowest BCUT2D eigenvalue weighted by Gasteiger charge is -2.27. The highest BCUT2D eigenvalue weighted by Gasteiger charge is 2.32. The number of morpholine rings is 1. The van der Waals surface area contributed by atoms with Crippen LogP contribution in [0.15, 0.2) is 41.2 Å². The molecule has 1 aromatic carbocycles. The van der Waals surface area contributed by atoms with Crippen LogP contribution >= 0.6 is 0 Å². The van der Waals surface area contributed by atoms with Crippen molar-refractivity contribution in [2.45, 2.75) is 32.4 Å². The molecule has 0 spiro atoms. The Kier molecular flexibility index (Phi) is 7.34. The number of nitrogens with one attached hydrogen (secondary N) is 1. The number of Topliss-reactive ketones (excluding diaryl/α,β-unsaturated/α-hetero) is 1. The van der Waals surface area contributed by atoms with Gasteiger partial charge in [0.05, 0.1) is 24.5 Å². The van der Waals surface area contributed by atoms with Gasteiger partial charge in [0.25, 0.3) is 5.91 Å². The van der Waals surface area contributed by atoms with E-state index in [9.17, 15) is 22.8 Å². The molecule has 1 fully saturated rings. The van der Waals surface area contributed by atoms with E-state index < -0.39 is 23.6 Å². The molecule has 1 aliphatic heterocycles. The number of hydrogen-bond donors (Lipinski definition) is 1. The quantitative estimate of drug-likeness (QED) is 0.477. The van der Waals surface area contributed by atoms with Crippen LogP contribution in [0.5, 0.6) is 0 Å². The zero-order valence-electron chi connectivity index (χ0n) is 19.6. The van der Waals surface area contributed by atoms with E-state index in [-0.39, 0.29) is 34.9 Å². The maximum absolute atomic E-state index is 13.1. The molecule has 9 nitrogen and oxygen atoms in total. The number of aryl methyl sites for hydroxylation is 1. The first-order chi connectivity index (χ1) is 17.1. The minimum absolute atomic E-state index is 0.0288. The molecule has 1 saturated heterocycles. The third-order valence-corrected chi connectivity index (χ3v) is 5.82. The second-order valence-electron chi connectivity index (χ2n) is 8.49. The van der Waals surface area contributed by atoms with Gasteiger partial charge in [-0.1, -0.05) is 18.1 Å². The van der Waals surface area contributed by atoms with Crippen LogP contribution in [0.4, 0.5) is 24.7 Å². The predicted octanol–water partition coefficient (Wildman–Crippen LogP) is 4.26. The molecule has 0 unspecified atom stereocenters. The molecule has 0 radical (unpaired) electrons. The minimum atomic E-state index is -4.54. The van der Waals surface area contributed by atoms with Crippen LogP contribution in [-0.4, -0.2) is 53.1 Å². The highest BCUT2D eigenvalue weighted by molar-refractivity contribution is 6.02. The summed E-state index contributed by atoms with van der Waals surface area (Å²) in [5.74, 6) is -0.923. The molecule has 1 aliphatic rings. The maximum Gasteiger partial charge on any atom is 0.416 e. The molecule has 0 bridgehead atoms. The Hall–Kier alpha value is -3.80. The molecule has 1 atom stereocenters. The number of anilines is 2. The summed E-state index contributed by atoms with van der Waals surface area (Å²) in [6.45, 7) is 5.59. The van der Waals surface area contributed by atoms with Gasteiger partial charge >= 0.3 is 6.18 Å². The number of halogens is 3. The number of carbonyl (C=O) groups excluding carboxylic acids is 2. The predicted molar refractivity (Wildman–Crippen MR) is 123 cm³/mol. The van der Waals surface area contributed by atoms with E-state index >= 15 is 0 Å². The van der Waals surface area contributed by atoms with E-state index in [1.165, 1.54) is 31.5 Å². The highest BCUT2D eigenvalue weighted by Crippen LogP contribution is 2.33. The Balaban J connectivity index is 1.40. The van der Waals surface area contributed by atoms with Gasteiger partial charge in [-0.15, -0.1) is 0 Å². The topological polar surface area (TPSA) is 110 Å². The van der Waals surface area contributed by atoms with E-state index in [1.54, 1.807) is 13.0 Å². The lowest BCUT2D eigenvalue weighted by atomic mass is 9.99. The SMILES string of the molecule is Cc1ccc(NC(=O)c2cc([C@@H](C)CC(=O)c3cc(N4CCOCC4)ncn3)no2)cc1C(F)(F)F. The van der Waals surface area contributed by atoms with Gasteiger partial charge in [0, 0.05) is 43.2 Å². The van der Waals surface area contributed by atoms with Gasteiger partial charge in [-0.2, -0.15) is 13.2 Å². The van der Waals surface area contributed by atoms with Crippen molar-refractivity contribution in [3.8, 4) is 0 Å². The number of ether oxygens (including phenoxy) is 1. The molecule has 0 saturated carbocycles. The molecule has 2 aromatic heterocycles. The van der Waals surface area contributed by atoms with E-state index in [0.717, 1.165) is 6.07 Å². The van der Waals surface area contributed by atoms with Crippen molar-refractivity contribution in [3.05, 3.63) is 64.9 Å². The fourth-order valence-corrected chi connectivity index (χ4v) is 3.78. The molecule has 3 heterocycles. The molecular formula is C24H24F3N5O4. The fraction of sp³-hybridized carbons (Fsp3) is 0.375. The van der Waals surface area contributed by atoms with Crippen LogP contribution in [0.25, 0.3) is 0 Å². The fourth-order valence-electron chi connectivity index (χ4n) is 3.78. The van der Waals surface area contributed by atoms with Crippen LogP contribution < -0.4 is 10.2 Å². The van der Waals surface area contributed by atoms with Crippen LogP contribution in [0.3, 0.4) is 0 Å². The molecule has 0 aliphatic carbocycles. The smallest absolute Gasteiger partial charge is 0.378 e. The van der Waals surface area contributed by atoms with Crippen molar-refractivity contribution < 1.29 is 32.0 Å². The number of aromatic nitrogens is 3. The average Bonchev–Trinajstić information content (AvgIpc) is 3.36. The van der Waals surface area contributed by atoms with Gasteiger partial charge in [-0.05, 0) is 24.6 Å². The van der Waals surface area contributed by atoms with Crippen LogP contribution in [0, 0.1) is 6.92 Å². The van der Waals surface area contributed by atoms with Gasteiger partial charge < -0.3 is 19.5 Å². The van der Waals surface area contributed by atoms with Gasteiger partial charge in [0.15, 0.2) is 5.78 Å². The lowest BCUT2D eigenvalue weighted by molar-refractivity contribution is -0.138. The number of carbonyl (C=O) groups is 2. The number of benzene rings is 1. The standard InChI is InChI=1S/C24H24F3N5O4/c1-14-3-4-16(10-17(14)24(25,26)27)30-23(34)21-11-18(31-36-21)15(2)9-20(33)19-12-22(29-13-28-19)32-5-7-35-8-6-32/h3-4,10-13,15H,5-9H2,1-2H3,(H,30,34)/t15-/m0/s1. The highest BCUT2D eigenvalue weighted by atomic mass is 19.4. The van der Waals surface area contributed by atoms with E-state index in [2.05, 4.69) is 20.4 Å².